The molecule has 2 aromatic rings. The molecule has 0 aliphatic carbocycles. The molecular weight excluding hydrogens is 497 g/mol. The Labute approximate surface area is 234 Å². The number of benzene rings is 2. The summed E-state index contributed by atoms with van der Waals surface area (Å²) in [6, 6.07) is 20.0. The first kappa shape index (κ1) is 33.4. The number of hydrogen-bond acceptors (Lipinski definition) is 2. The molecule has 0 saturated heterocycles. The van der Waals surface area contributed by atoms with Crippen molar-refractivity contribution in [3.63, 3.8) is 0 Å². The third kappa shape index (κ3) is 14.4. The standard InChI is InChI=1S/2C17H24OSi/c2*1-17(2,13-14-19(3,4)5)16(18)12-11-15-9-7-6-8-10-15/h2*6-12,16,18H,1-5H3/b2*12-11+/t2*16-/m11/s1. The zero-order valence-corrected chi connectivity index (χ0v) is 27.1. The predicted molar refractivity (Wildman–Crippen MR) is 173 cm³/mol. The van der Waals surface area contributed by atoms with Crippen LogP contribution in [0.4, 0.5) is 0 Å². The highest BCUT2D eigenvalue weighted by molar-refractivity contribution is 6.84. The van der Waals surface area contributed by atoms with E-state index in [1.807, 2.05) is 113 Å². The molecule has 0 aromatic heterocycles. The lowest BCUT2D eigenvalue weighted by Crippen LogP contribution is -2.27. The highest BCUT2D eigenvalue weighted by Crippen LogP contribution is 2.23. The Balaban J connectivity index is 0.000000380. The first-order valence-electron chi connectivity index (χ1n) is 13.3. The minimum atomic E-state index is -1.40. The van der Waals surface area contributed by atoms with E-state index in [9.17, 15) is 10.2 Å². The smallest absolute Gasteiger partial charge is 0.129 e. The van der Waals surface area contributed by atoms with Crippen LogP contribution in [0.25, 0.3) is 12.2 Å². The maximum atomic E-state index is 10.3. The van der Waals surface area contributed by atoms with E-state index in [1.54, 1.807) is 0 Å². The third-order valence-electron chi connectivity index (χ3n) is 5.54. The van der Waals surface area contributed by atoms with Crippen molar-refractivity contribution in [3.05, 3.63) is 83.9 Å². The molecule has 4 heteroatoms. The lowest BCUT2D eigenvalue weighted by Gasteiger charge is -2.23. The molecule has 2 atom stereocenters. The summed E-state index contributed by atoms with van der Waals surface area (Å²) in [5.74, 6) is 6.49. The van der Waals surface area contributed by atoms with Gasteiger partial charge in [0.05, 0.1) is 23.0 Å². The summed E-state index contributed by atoms with van der Waals surface area (Å²) in [6.45, 7) is 21.2. The fourth-order valence-electron chi connectivity index (χ4n) is 2.86. The monoisotopic (exact) mass is 544 g/mol. The predicted octanol–water partition coefficient (Wildman–Crippen LogP) is 7.94. The lowest BCUT2D eigenvalue weighted by atomic mass is 9.87. The molecule has 2 rings (SSSR count). The van der Waals surface area contributed by atoms with E-state index in [-0.39, 0.29) is 0 Å². The van der Waals surface area contributed by atoms with Gasteiger partial charge in [0, 0.05) is 0 Å². The fraction of sp³-hybridized carbons (Fsp3) is 0.412. The average Bonchev–Trinajstić information content (AvgIpc) is 2.84. The van der Waals surface area contributed by atoms with E-state index in [0.29, 0.717) is 0 Å². The highest BCUT2D eigenvalue weighted by atomic mass is 28.3. The van der Waals surface area contributed by atoms with Gasteiger partial charge >= 0.3 is 0 Å². The Bertz CT molecular complexity index is 1060. The van der Waals surface area contributed by atoms with Gasteiger partial charge in [0.2, 0.25) is 0 Å². The maximum absolute atomic E-state index is 10.3. The largest absolute Gasteiger partial charge is 0.387 e. The van der Waals surface area contributed by atoms with Crippen molar-refractivity contribution >= 4 is 28.3 Å². The van der Waals surface area contributed by atoms with Crippen molar-refractivity contribution in [1.29, 1.82) is 0 Å². The summed E-state index contributed by atoms with van der Waals surface area (Å²) >= 11 is 0. The summed E-state index contributed by atoms with van der Waals surface area (Å²) in [5.41, 5.74) is 8.04. The second-order valence-electron chi connectivity index (χ2n) is 12.9. The van der Waals surface area contributed by atoms with Crippen molar-refractivity contribution in [1.82, 2.24) is 0 Å². The molecule has 0 fully saturated rings. The van der Waals surface area contributed by atoms with Crippen LogP contribution in [-0.4, -0.2) is 38.6 Å². The van der Waals surface area contributed by atoms with Gasteiger partial charge in [-0.2, -0.15) is 0 Å². The van der Waals surface area contributed by atoms with E-state index in [4.69, 9.17) is 0 Å². The minimum Gasteiger partial charge on any atom is -0.387 e. The Morgan fingerprint density at radius 3 is 1.13 bits per heavy atom. The Hall–Kier alpha value is -2.61. The average molecular weight is 545 g/mol. The SMILES string of the molecule is CC(C)(C#C[Si](C)(C)C)[C@H](O)/C=C/c1ccccc1.CC(C)(C#C[Si](C)(C)C)[C@H](O)/C=C/c1ccccc1. The Morgan fingerprint density at radius 2 is 0.868 bits per heavy atom. The number of hydrogen-bond donors (Lipinski definition) is 2. The van der Waals surface area contributed by atoms with Crippen LogP contribution in [0.3, 0.4) is 0 Å². The van der Waals surface area contributed by atoms with Crippen LogP contribution in [0, 0.1) is 33.8 Å². The van der Waals surface area contributed by atoms with Crippen LogP contribution in [0.15, 0.2) is 72.8 Å². The first-order valence-corrected chi connectivity index (χ1v) is 20.3. The quantitative estimate of drug-likeness (QED) is 0.286. The van der Waals surface area contributed by atoms with Gasteiger partial charge in [0.1, 0.15) is 16.1 Å². The van der Waals surface area contributed by atoms with Crippen molar-refractivity contribution in [2.24, 2.45) is 10.8 Å². The van der Waals surface area contributed by atoms with E-state index in [0.717, 1.165) is 11.1 Å². The molecular formula is C34H48O2Si2. The number of aliphatic hydroxyl groups excluding tert-OH is 2. The molecule has 0 saturated carbocycles. The van der Waals surface area contributed by atoms with Gasteiger partial charge in [-0.3, -0.25) is 0 Å². The maximum Gasteiger partial charge on any atom is 0.129 e. The molecule has 0 aliphatic heterocycles. The van der Waals surface area contributed by atoms with Gasteiger partial charge in [-0.1, -0.05) is 124 Å². The van der Waals surface area contributed by atoms with Gasteiger partial charge in [-0.15, -0.1) is 22.9 Å². The second kappa shape index (κ2) is 14.5. The van der Waals surface area contributed by atoms with Gasteiger partial charge in [-0.05, 0) is 38.8 Å². The van der Waals surface area contributed by atoms with Gasteiger partial charge in [0.25, 0.3) is 0 Å². The zero-order valence-electron chi connectivity index (χ0n) is 25.1. The van der Waals surface area contributed by atoms with Crippen LogP contribution in [0.5, 0.6) is 0 Å². The van der Waals surface area contributed by atoms with Crippen LogP contribution in [0.1, 0.15) is 38.8 Å². The van der Waals surface area contributed by atoms with E-state index in [1.165, 1.54) is 0 Å². The van der Waals surface area contributed by atoms with Crippen LogP contribution < -0.4 is 0 Å². The fourth-order valence-corrected chi connectivity index (χ4v) is 4.25. The molecule has 38 heavy (non-hydrogen) atoms. The number of rotatable bonds is 6. The molecule has 0 heterocycles. The lowest BCUT2D eigenvalue weighted by molar-refractivity contribution is 0.133. The molecule has 2 aromatic carbocycles. The summed E-state index contributed by atoms with van der Waals surface area (Å²) in [7, 11) is -2.79. The van der Waals surface area contributed by atoms with Gasteiger partial charge < -0.3 is 10.2 Å². The van der Waals surface area contributed by atoms with E-state index < -0.39 is 39.2 Å². The molecule has 2 N–H and O–H groups in total. The number of aliphatic hydroxyl groups is 2. The molecule has 0 bridgehead atoms. The van der Waals surface area contributed by atoms with Crippen molar-refractivity contribution < 1.29 is 10.2 Å². The van der Waals surface area contributed by atoms with Crippen LogP contribution in [0.2, 0.25) is 39.3 Å². The zero-order chi connectivity index (χ0) is 29.0. The van der Waals surface area contributed by atoms with Crippen LogP contribution in [-0.2, 0) is 0 Å². The van der Waals surface area contributed by atoms with Crippen molar-refractivity contribution in [2.45, 2.75) is 79.2 Å². The molecule has 0 radical (unpaired) electrons. The topological polar surface area (TPSA) is 40.5 Å². The van der Waals surface area contributed by atoms with E-state index in [2.05, 4.69) is 62.2 Å². The summed E-state index contributed by atoms with van der Waals surface area (Å²) in [4.78, 5) is 0. The summed E-state index contributed by atoms with van der Waals surface area (Å²) in [6.07, 6.45) is 6.43. The van der Waals surface area contributed by atoms with Crippen LogP contribution >= 0.6 is 0 Å². The highest BCUT2D eigenvalue weighted by Gasteiger charge is 2.25. The van der Waals surface area contributed by atoms with Gasteiger partial charge in [0.15, 0.2) is 0 Å². The van der Waals surface area contributed by atoms with E-state index >= 15 is 0 Å². The van der Waals surface area contributed by atoms with Gasteiger partial charge in [-0.25, -0.2) is 0 Å². The molecule has 204 valence electrons. The summed E-state index contributed by atoms with van der Waals surface area (Å²) < 4.78 is 0. The normalized spacial score (nSPS) is 14.0. The molecule has 2 nitrogen and oxygen atoms in total. The summed E-state index contributed by atoms with van der Waals surface area (Å²) in [5, 5.41) is 20.5. The molecule has 0 amide bonds. The van der Waals surface area contributed by atoms with Crippen molar-refractivity contribution in [2.75, 3.05) is 0 Å². The minimum absolute atomic E-state index is 0.411. The third-order valence-corrected chi connectivity index (χ3v) is 7.29. The first-order chi connectivity index (χ1) is 17.4. The second-order valence-corrected chi connectivity index (χ2v) is 22.4. The molecule has 0 spiro atoms. The molecule has 0 aliphatic rings. The Kier molecular flexibility index (Phi) is 12.8. The molecule has 0 unspecified atom stereocenters. The Morgan fingerprint density at radius 1 is 0.579 bits per heavy atom. The van der Waals surface area contributed by atoms with Crippen molar-refractivity contribution in [3.8, 4) is 22.9 Å².